The van der Waals surface area contributed by atoms with Crippen LogP contribution >= 0.6 is 22.9 Å². The molecule has 0 saturated heterocycles. The summed E-state index contributed by atoms with van der Waals surface area (Å²) < 4.78 is 4.65. The molecule has 2 rings (SSSR count). The first-order valence-electron chi connectivity index (χ1n) is 4.80. The summed E-state index contributed by atoms with van der Waals surface area (Å²) in [5.74, 6) is -0.438. The van der Waals surface area contributed by atoms with E-state index in [1.165, 1.54) is 18.4 Å². The molecule has 2 heterocycles. The molecule has 0 aliphatic rings. The van der Waals surface area contributed by atoms with Gasteiger partial charge in [0.2, 0.25) is 0 Å². The first kappa shape index (κ1) is 12.0. The van der Waals surface area contributed by atoms with Crippen LogP contribution in [0.5, 0.6) is 0 Å². The quantitative estimate of drug-likeness (QED) is 0.621. The second-order valence-corrected chi connectivity index (χ2v) is 4.85. The van der Waals surface area contributed by atoms with Gasteiger partial charge in [-0.15, -0.1) is 11.3 Å². The molecule has 0 atom stereocenters. The first-order valence-corrected chi connectivity index (χ1v) is 6.00. The molecule has 6 heteroatoms. The molecule has 0 aromatic carbocycles. The minimum absolute atomic E-state index is 0.328. The minimum Gasteiger partial charge on any atom is -0.464 e. The maximum absolute atomic E-state index is 11.4. The maximum Gasteiger partial charge on any atom is 0.357 e. The van der Waals surface area contributed by atoms with Gasteiger partial charge in [0.1, 0.15) is 15.9 Å². The number of hydrogen-bond acceptors (Lipinski definition) is 5. The van der Waals surface area contributed by atoms with Crippen molar-refractivity contribution in [2.45, 2.75) is 6.92 Å². The van der Waals surface area contributed by atoms with E-state index in [0.29, 0.717) is 21.5 Å². The minimum atomic E-state index is -0.438. The standard InChI is InChI=1S/C11H9ClN2O2S/c1-6-9(11(15)16-2)14-10(17-6)7-4-3-5-8(12)13-7/h3-5H,1-2H3. The van der Waals surface area contributed by atoms with E-state index in [4.69, 9.17) is 11.6 Å². The molecule has 0 saturated carbocycles. The molecule has 0 bridgehead atoms. The summed E-state index contributed by atoms with van der Waals surface area (Å²) in [5, 5.41) is 1.06. The Morgan fingerprint density at radius 3 is 2.82 bits per heavy atom. The number of halogens is 1. The average molecular weight is 269 g/mol. The number of esters is 1. The highest BCUT2D eigenvalue weighted by molar-refractivity contribution is 7.15. The van der Waals surface area contributed by atoms with Gasteiger partial charge in [-0.05, 0) is 19.1 Å². The summed E-state index contributed by atoms with van der Waals surface area (Å²) in [6, 6.07) is 5.27. The number of rotatable bonds is 2. The predicted molar refractivity (Wildman–Crippen MR) is 66.4 cm³/mol. The Balaban J connectivity index is 2.44. The van der Waals surface area contributed by atoms with Crippen LogP contribution in [0, 0.1) is 6.92 Å². The lowest BCUT2D eigenvalue weighted by Crippen LogP contribution is -2.03. The van der Waals surface area contributed by atoms with E-state index in [9.17, 15) is 4.79 Å². The van der Waals surface area contributed by atoms with E-state index in [0.717, 1.165) is 4.88 Å². The van der Waals surface area contributed by atoms with Crippen LogP contribution in [-0.2, 0) is 4.74 Å². The van der Waals surface area contributed by atoms with Crippen LogP contribution in [0.4, 0.5) is 0 Å². The van der Waals surface area contributed by atoms with E-state index >= 15 is 0 Å². The third kappa shape index (κ3) is 2.45. The fraction of sp³-hybridized carbons (Fsp3) is 0.182. The van der Waals surface area contributed by atoms with Gasteiger partial charge in [0.15, 0.2) is 5.69 Å². The van der Waals surface area contributed by atoms with Crippen molar-refractivity contribution in [3.05, 3.63) is 33.9 Å². The van der Waals surface area contributed by atoms with Crippen molar-refractivity contribution < 1.29 is 9.53 Å². The monoisotopic (exact) mass is 268 g/mol. The number of thiazole rings is 1. The van der Waals surface area contributed by atoms with Crippen molar-refractivity contribution in [2.24, 2.45) is 0 Å². The Labute approximate surface area is 107 Å². The zero-order valence-corrected chi connectivity index (χ0v) is 10.8. The van der Waals surface area contributed by atoms with Crippen molar-refractivity contribution in [1.82, 2.24) is 9.97 Å². The third-order valence-corrected chi connectivity index (χ3v) is 3.31. The number of nitrogens with zero attached hydrogens (tertiary/aromatic N) is 2. The summed E-state index contributed by atoms with van der Waals surface area (Å²) in [6.07, 6.45) is 0. The van der Waals surface area contributed by atoms with Gasteiger partial charge in [-0.1, -0.05) is 17.7 Å². The van der Waals surface area contributed by atoms with Crippen LogP contribution in [0.1, 0.15) is 15.4 Å². The van der Waals surface area contributed by atoms with Crippen LogP contribution in [-0.4, -0.2) is 23.0 Å². The molecule has 0 aliphatic heterocycles. The van der Waals surface area contributed by atoms with Gasteiger partial charge in [0.05, 0.1) is 7.11 Å². The lowest BCUT2D eigenvalue weighted by Gasteiger charge is -1.95. The van der Waals surface area contributed by atoms with E-state index in [-0.39, 0.29) is 0 Å². The molecule has 2 aromatic rings. The fourth-order valence-corrected chi connectivity index (χ4v) is 2.35. The average Bonchev–Trinajstić information content (AvgIpc) is 2.70. The van der Waals surface area contributed by atoms with Crippen LogP contribution in [0.2, 0.25) is 5.15 Å². The van der Waals surface area contributed by atoms with E-state index in [2.05, 4.69) is 14.7 Å². The molecular weight excluding hydrogens is 260 g/mol. The number of aryl methyl sites for hydroxylation is 1. The van der Waals surface area contributed by atoms with Crippen LogP contribution < -0.4 is 0 Å². The number of carbonyl (C=O) groups excluding carboxylic acids is 1. The molecule has 0 spiro atoms. The number of aromatic nitrogens is 2. The Hall–Kier alpha value is -1.46. The van der Waals surface area contributed by atoms with Gasteiger partial charge in [-0.25, -0.2) is 14.8 Å². The molecule has 0 N–H and O–H groups in total. The van der Waals surface area contributed by atoms with E-state index < -0.39 is 5.97 Å². The van der Waals surface area contributed by atoms with Gasteiger partial charge >= 0.3 is 5.97 Å². The van der Waals surface area contributed by atoms with Gasteiger partial charge in [-0.2, -0.15) is 0 Å². The number of carbonyl (C=O) groups is 1. The predicted octanol–water partition coefficient (Wildman–Crippen LogP) is 2.95. The molecule has 0 fully saturated rings. The summed E-state index contributed by atoms with van der Waals surface area (Å²) in [7, 11) is 1.33. The summed E-state index contributed by atoms with van der Waals surface area (Å²) in [4.78, 5) is 20.6. The lowest BCUT2D eigenvalue weighted by atomic mass is 10.3. The second kappa shape index (κ2) is 4.81. The molecule has 88 valence electrons. The second-order valence-electron chi connectivity index (χ2n) is 3.26. The fourth-order valence-electron chi connectivity index (χ4n) is 1.32. The molecule has 0 amide bonds. The zero-order chi connectivity index (χ0) is 12.4. The van der Waals surface area contributed by atoms with Gasteiger partial charge in [0.25, 0.3) is 0 Å². The smallest absolute Gasteiger partial charge is 0.357 e. The van der Waals surface area contributed by atoms with Crippen LogP contribution in [0.3, 0.4) is 0 Å². The summed E-state index contributed by atoms with van der Waals surface area (Å²) in [6.45, 7) is 1.82. The third-order valence-electron chi connectivity index (χ3n) is 2.11. The Bertz CT molecular complexity index is 568. The number of methoxy groups -OCH3 is 1. The van der Waals surface area contributed by atoms with Gasteiger partial charge in [0, 0.05) is 4.88 Å². The Morgan fingerprint density at radius 2 is 2.18 bits per heavy atom. The molecule has 4 nitrogen and oxygen atoms in total. The largest absolute Gasteiger partial charge is 0.464 e. The number of ether oxygens (including phenoxy) is 1. The highest BCUT2D eigenvalue weighted by Crippen LogP contribution is 2.27. The highest BCUT2D eigenvalue weighted by Gasteiger charge is 2.17. The Kier molecular flexibility index (Phi) is 3.40. The lowest BCUT2D eigenvalue weighted by molar-refractivity contribution is 0.0594. The van der Waals surface area contributed by atoms with E-state index in [1.54, 1.807) is 18.2 Å². The Morgan fingerprint density at radius 1 is 1.41 bits per heavy atom. The normalized spacial score (nSPS) is 10.3. The first-order chi connectivity index (χ1) is 8.11. The molecular formula is C11H9ClN2O2S. The highest BCUT2D eigenvalue weighted by atomic mass is 35.5. The van der Waals surface area contributed by atoms with Gasteiger partial charge < -0.3 is 4.74 Å². The van der Waals surface area contributed by atoms with Crippen molar-refractivity contribution in [2.75, 3.05) is 7.11 Å². The molecule has 0 unspecified atom stereocenters. The SMILES string of the molecule is COC(=O)c1nc(-c2cccc(Cl)n2)sc1C. The molecule has 2 aromatic heterocycles. The van der Waals surface area contributed by atoms with Gasteiger partial charge in [-0.3, -0.25) is 0 Å². The van der Waals surface area contributed by atoms with Crippen molar-refractivity contribution >= 4 is 28.9 Å². The zero-order valence-electron chi connectivity index (χ0n) is 9.23. The molecule has 0 radical (unpaired) electrons. The maximum atomic E-state index is 11.4. The van der Waals surface area contributed by atoms with Crippen molar-refractivity contribution in [3.63, 3.8) is 0 Å². The number of hydrogen-bond donors (Lipinski definition) is 0. The van der Waals surface area contributed by atoms with Crippen molar-refractivity contribution in [3.8, 4) is 10.7 Å². The van der Waals surface area contributed by atoms with Crippen LogP contribution in [0.15, 0.2) is 18.2 Å². The summed E-state index contributed by atoms with van der Waals surface area (Å²) >= 11 is 7.19. The summed E-state index contributed by atoms with van der Waals surface area (Å²) in [5.41, 5.74) is 0.982. The van der Waals surface area contributed by atoms with Crippen molar-refractivity contribution in [1.29, 1.82) is 0 Å². The van der Waals surface area contributed by atoms with E-state index in [1.807, 2.05) is 6.92 Å². The molecule has 17 heavy (non-hydrogen) atoms. The topological polar surface area (TPSA) is 52.1 Å². The molecule has 0 aliphatic carbocycles. The van der Waals surface area contributed by atoms with Crippen LogP contribution in [0.25, 0.3) is 10.7 Å². The number of pyridine rings is 1.